The first-order chi connectivity index (χ1) is 9.53. The molecule has 0 saturated heterocycles. The molecule has 0 spiro atoms. The van der Waals surface area contributed by atoms with Gasteiger partial charge >= 0.3 is 0 Å². The lowest BCUT2D eigenvalue weighted by Gasteiger charge is -2.11. The maximum absolute atomic E-state index is 12.2. The lowest BCUT2D eigenvalue weighted by atomic mass is 10.1. The third-order valence-electron chi connectivity index (χ3n) is 3.05. The van der Waals surface area contributed by atoms with Crippen LogP contribution >= 0.6 is 0 Å². The molecule has 0 saturated carbocycles. The van der Waals surface area contributed by atoms with Crippen molar-refractivity contribution in [3.05, 3.63) is 54.0 Å². The summed E-state index contributed by atoms with van der Waals surface area (Å²) in [5, 5.41) is 0. The molecule has 0 aliphatic carbocycles. The zero-order valence-corrected chi connectivity index (χ0v) is 12.1. The molecule has 108 valence electrons. The van der Waals surface area contributed by atoms with E-state index in [-0.39, 0.29) is 17.5 Å². The van der Waals surface area contributed by atoms with E-state index < -0.39 is 10.0 Å². The molecule has 20 heavy (non-hydrogen) atoms. The Kier molecular flexibility index (Phi) is 4.59. The molecule has 0 amide bonds. The fourth-order valence-corrected chi connectivity index (χ4v) is 2.86. The van der Waals surface area contributed by atoms with Gasteiger partial charge in [0.05, 0.1) is 17.7 Å². The fourth-order valence-electron chi connectivity index (χ4n) is 1.81. The first-order valence-electron chi connectivity index (χ1n) is 6.40. The third kappa shape index (κ3) is 3.47. The Morgan fingerprint density at radius 1 is 1.30 bits per heavy atom. The summed E-state index contributed by atoms with van der Waals surface area (Å²) in [6, 6.07) is 9.97. The van der Waals surface area contributed by atoms with E-state index in [9.17, 15) is 8.42 Å². The van der Waals surface area contributed by atoms with Crippen molar-refractivity contribution >= 4 is 10.0 Å². The van der Waals surface area contributed by atoms with Gasteiger partial charge in [0.25, 0.3) is 0 Å². The largest absolute Gasteiger partial charge is 0.468 e. The van der Waals surface area contributed by atoms with Crippen molar-refractivity contribution in [2.75, 3.05) is 0 Å². The second-order valence-corrected chi connectivity index (χ2v) is 6.26. The van der Waals surface area contributed by atoms with Crippen LogP contribution in [0.3, 0.4) is 0 Å². The highest BCUT2D eigenvalue weighted by Gasteiger charge is 2.15. The van der Waals surface area contributed by atoms with Crippen LogP contribution in [0.25, 0.3) is 0 Å². The van der Waals surface area contributed by atoms with Crippen molar-refractivity contribution in [3.8, 4) is 0 Å². The summed E-state index contributed by atoms with van der Waals surface area (Å²) in [7, 11) is -3.57. The Bertz CT molecular complexity index is 651. The van der Waals surface area contributed by atoms with Crippen molar-refractivity contribution in [2.24, 2.45) is 5.73 Å². The first kappa shape index (κ1) is 14.8. The molecular weight excluding hydrogens is 276 g/mol. The zero-order chi connectivity index (χ0) is 14.6. The summed E-state index contributed by atoms with van der Waals surface area (Å²) in [6.07, 6.45) is 2.26. The number of benzene rings is 1. The van der Waals surface area contributed by atoms with Crippen LogP contribution in [0.15, 0.2) is 52.0 Å². The SMILES string of the molecule is CCC(N)c1cccc(S(=O)(=O)NCc2ccco2)c1. The van der Waals surface area contributed by atoms with Crippen LogP contribution in [0, 0.1) is 0 Å². The van der Waals surface area contributed by atoms with Crippen molar-refractivity contribution in [1.82, 2.24) is 4.72 Å². The van der Waals surface area contributed by atoms with Crippen LogP contribution in [0.1, 0.15) is 30.7 Å². The minimum absolute atomic E-state index is 0.124. The quantitative estimate of drug-likeness (QED) is 0.855. The highest BCUT2D eigenvalue weighted by molar-refractivity contribution is 7.89. The van der Waals surface area contributed by atoms with Crippen LogP contribution in [0.2, 0.25) is 0 Å². The minimum Gasteiger partial charge on any atom is -0.468 e. The van der Waals surface area contributed by atoms with E-state index >= 15 is 0 Å². The van der Waals surface area contributed by atoms with Crippen molar-refractivity contribution in [3.63, 3.8) is 0 Å². The summed E-state index contributed by atoms with van der Waals surface area (Å²) in [5.74, 6) is 0.565. The van der Waals surface area contributed by atoms with Crippen molar-refractivity contribution in [2.45, 2.75) is 30.8 Å². The number of hydrogen-bond donors (Lipinski definition) is 2. The van der Waals surface area contributed by atoms with Gasteiger partial charge in [-0.1, -0.05) is 19.1 Å². The fraction of sp³-hybridized carbons (Fsp3) is 0.286. The highest BCUT2D eigenvalue weighted by Crippen LogP contribution is 2.18. The summed E-state index contributed by atoms with van der Waals surface area (Å²) in [4.78, 5) is 0.213. The van der Waals surface area contributed by atoms with Gasteiger partial charge in [-0.25, -0.2) is 13.1 Å². The topological polar surface area (TPSA) is 85.3 Å². The van der Waals surface area contributed by atoms with Gasteiger partial charge in [-0.3, -0.25) is 0 Å². The molecular formula is C14H18N2O3S. The van der Waals surface area contributed by atoms with Crippen LogP contribution in [0.4, 0.5) is 0 Å². The van der Waals surface area contributed by atoms with Crippen LogP contribution in [-0.4, -0.2) is 8.42 Å². The molecule has 0 radical (unpaired) electrons. The van der Waals surface area contributed by atoms with Gasteiger partial charge in [0.15, 0.2) is 0 Å². The van der Waals surface area contributed by atoms with E-state index in [0.29, 0.717) is 5.76 Å². The Labute approximate surface area is 118 Å². The monoisotopic (exact) mass is 294 g/mol. The van der Waals surface area contributed by atoms with Crippen molar-refractivity contribution < 1.29 is 12.8 Å². The van der Waals surface area contributed by atoms with Gasteiger partial charge in [-0.05, 0) is 36.2 Å². The van der Waals surface area contributed by atoms with Gasteiger partial charge in [-0.15, -0.1) is 0 Å². The summed E-state index contributed by atoms with van der Waals surface area (Å²) < 4.78 is 32.0. The van der Waals surface area contributed by atoms with E-state index in [2.05, 4.69) is 4.72 Å². The van der Waals surface area contributed by atoms with E-state index in [4.69, 9.17) is 10.2 Å². The molecule has 0 aliphatic heterocycles. The number of rotatable bonds is 6. The van der Waals surface area contributed by atoms with Gasteiger partial charge in [0.2, 0.25) is 10.0 Å². The smallest absolute Gasteiger partial charge is 0.240 e. The van der Waals surface area contributed by atoms with E-state index in [1.165, 1.54) is 6.26 Å². The minimum atomic E-state index is -3.57. The molecule has 6 heteroatoms. The molecule has 1 aromatic heterocycles. The average Bonchev–Trinajstić information content (AvgIpc) is 2.98. The predicted molar refractivity (Wildman–Crippen MR) is 76.4 cm³/mol. The van der Waals surface area contributed by atoms with Gasteiger partial charge in [0, 0.05) is 6.04 Å². The highest BCUT2D eigenvalue weighted by atomic mass is 32.2. The molecule has 2 rings (SSSR count). The van der Waals surface area contributed by atoms with Gasteiger partial charge < -0.3 is 10.2 Å². The number of sulfonamides is 1. The van der Waals surface area contributed by atoms with Gasteiger partial charge in [-0.2, -0.15) is 0 Å². The Morgan fingerprint density at radius 2 is 2.10 bits per heavy atom. The summed E-state index contributed by atoms with van der Waals surface area (Å²) in [5.41, 5.74) is 6.74. The number of nitrogens with one attached hydrogen (secondary N) is 1. The molecule has 3 N–H and O–H groups in total. The summed E-state index contributed by atoms with van der Waals surface area (Å²) >= 11 is 0. The second kappa shape index (κ2) is 6.21. The first-order valence-corrected chi connectivity index (χ1v) is 7.89. The van der Waals surface area contributed by atoms with Gasteiger partial charge in [0.1, 0.15) is 5.76 Å². The number of hydrogen-bond acceptors (Lipinski definition) is 4. The van der Waals surface area contributed by atoms with E-state index in [1.807, 2.05) is 13.0 Å². The third-order valence-corrected chi connectivity index (χ3v) is 4.45. The molecule has 2 aromatic rings. The Morgan fingerprint density at radius 3 is 2.75 bits per heavy atom. The normalized spacial score (nSPS) is 13.3. The number of nitrogens with two attached hydrogens (primary N) is 1. The van der Waals surface area contributed by atoms with Crippen molar-refractivity contribution in [1.29, 1.82) is 0 Å². The maximum atomic E-state index is 12.2. The number of furan rings is 1. The van der Waals surface area contributed by atoms with Crippen LogP contribution in [-0.2, 0) is 16.6 Å². The Balaban J connectivity index is 2.16. The van der Waals surface area contributed by atoms with Crippen LogP contribution < -0.4 is 10.5 Å². The summed E-state index contributed by atoms with van der Waals surface area (Å²) in [6.45, 7) is 2.08. The van der Waals surface area contributed by atoms with E-state index in [1.54, 1.807) is 30.3 Å². The lowest BCUT2D eigenvalue weighted by Crippen LogP contribution is -2.23. The predicted octanol–water partition coefficient (Wildman–Crippen LogP) is 2.17. The maximum Gasteiger partial charge on any atom is 0.240 e. The van der Waals surface area contributed by atoms with E-state index in [0.717, 1.165) is 12.0 Å². The lowest BCUT2D eigenvalue weighted by molar-refractivity contribution is 0.498. The molecule has 1 aromatic carbocycles. The molecule has 1 atom stereocenters. The average molecular weight is 294 g/mol. The zero-order valence-electron chi connectivity index (χ0n) is 11.2. The molecule has 1 heterocycles. The Hall–Kier alpha value is -1.63. The second-order valence-electron chi connectivity index (χ2n) is 4.49. The molecule has 0 bridgehead atoms. The van der Waals surface area contributed by atoms with Crippen LogP contribution in [0.5, 0.6) is 0 Å². The molecule has 0 fully saturated rings. The molecule has 0 aliphatic rings. The molecule has 5 nitrogen and oxygen atoms in total. The standard InChI is InChI=1S/C14H18N2O3S/c1-2-14(15)11-5-3-7-13(9-11)20(17,18)16-10-12-6-4-8-19-12/h3-9,14,16H,2,10,15H2,1H3. The molecule has 1 unspecified atom stereocenters.